The van der Waals surface area contributed by atoms with E-state index in [1.54, 1.807) is 43.2 Å². The molecule has 5 nitrogen and oxygen atoms in total. The smallest absolute Gasteiger partial charge is 0.251 e. The average molecular weight is 340 g/mol. The van der Waals surface area contributed by atoms with Crippen LogP contribution in [0, 0.1) is 6.92 Å². The largest absolute Gasteiger partial charge is 0.497 e. The van der Waals surface area contributed by atoms with Gasteiger partial charge in [0.15, 0.2) is 0 Å². The number of nitrogens with one attached hydrogen (secondary N) is 1. The van der Waals surface area contributed by atoms with Gasteiger partial charge in [0.25, 0.3) is 5.91 Å². The second kappa shape index (κ2) is 8.87. The fraction of sp³-hybridized carbons (Fsp3) is 0.300. The van der Waals surface area contributed by atoms with E-state index in [-0.39, 0.29) is 11.8 Å². The fourth-order valence-electron chi connectivity index (χ4n) is 2.53. The summed E-state index contributed by atoms with van der Waals surface area (Å²) in [4.78, 5) is 25.7. The van der Waals surface area contributed by atoms with Crippen LogP contribution in [0.5, 0.6) is 5.75 Å². The zero-order valence-corrected chi connectivity index (χ0v) is 14.9. The molecule has 0 radical (unpaired) electrons. The third-order valence-corrected chi connectivity index (χ3v) is 3.92. The second-order valence-corrected chi connectivity index (χ2v) is 5.91. The lowest BCUT2D eigenvalue weighted by molar-refractivity contribution is -0.129. The quantitative estimate of drug-likeness (QED) is 0.843. The van der Waals surface area contributed by atoms with E-state index in [9.17, 15) is 9.59 Å². The van der Waals surface area contributed by atoms with Crippen molar-refractivity contribution in [3.05, 3.63) is 65.2 Å². The van der Waals surface area contributed by atoms with Gasteiger partial charge in [-0.1, -0.05) is 29.8 Å². The van der Waals surface area contributed by atoms with Crippen molar-refractivity contribution >= 4 is 11.8 Å². The molecular formula is C20H24N2O3. The number of methoxy groups -OCH3 is 1. The van der Waals surface area contributed by atoms with Gasteiger partial charge in [0.2, 0.25) is 5.91 Å². The molecule has 0 atom stereocenters. The molecule has 0 saturated heterocycles. The summed E-state index contributed by atoms with van der Waals surface area (Å²) in [5.41, 5.74) is 2.80. The van der Waals surface area contributed by atoms with Crippen LogP contribution in [0.2, 0.25) is 0 Å². The summed E-state index contributed by atoms with van der Waals surface area (Å²) in [6, 6.07) is 15.0. The van der Waals surface area contributed by atoms with Crippen molar-refractivity contribution in [2.45, 2.75) is 20.4 Å². The van der Waals surface area contributed by atoms with E-state index in [4.69, 9.17) is 4.74 Å². The Labute approximate surface area is 148 Å². The van der Waals surface area contributed by atoms with Crippen molar-refractivity contribution in [3.63, 3.8) is 0 Å². The predicted octanol–water partition coefficient (Wildman–Crippen LogP) is 2.78. The third-order valence-electron chi connectivity index (χ3n) is 3.92. The Morgan fingerprint density at radius 2 is 1.84 bits per heavy atom. The van der Waals surface area contributed by atoms with Gasteiger partial charge in [-0.2, -0.15) is 0 Å². The first-order valence-electron chi connectivity index (χ1n) is 8.23. The van der Waals surface area contributed by atoms with E-state index in [0.717, 1.165) is 11.1 Å². The number of rotatable bonds is 7. The van der Waals surface area contributed by atoms with Crippen LogP contribution in [0.3, 0.4) is 0 Å². The number of hydrogen-bond donors (Lipinski definition) is 1. The number of nitrogens with zero attached hydrogens (tertiary/aromatic N) is 1. The van der Waals surface area contributed by atoms with Gasteiger partial charge in [-0.05, 0) is 36.8 Å². The van der Waals surface area contributed by atoms with Gasteiger partial charge >= 0.3 is 0 Å². The molecule has 0 aliphatic rings. The van der Waals surface area contributed by atoms with Gasteiger partial charge in [-0.3, -0.25) is 9.59 Å². The molecule has 0 fully saturated rings. The molecule has 2 aromatic rings. The van der Waals surface area contributed by atoms with E-state index in [0.29, 0.717) is 30.9 Å². The minimum Gasteiger partial charge on any atom is -0.497 e. The van der Waals surface area contributed by atoms with E-state index in [1.807, 2.05) is 25.1 Å². The maximum absolute atomic E-state index is 12.1. The number of carbonyl (C=O) groups excluding carboxylic acids is 2. The molecule has 0 bridgehead atoms. The highest BCUT2D eigenvalue weighted by molar-refractivity contribution is 5.94. The molecule has 1 N–H and O–H groups in total. The van der Waals surface area contributed by atoms with Crippen LogP contribution >= 0.6 is 0 Å². The molecule has 0 aromatic heterocycles. The lowest BCUT2D eigenvalue weighted by Crippen LogP contribution is -2.37. The van der Waals surface area contributed by atoms with Gasteiger partial charge in [-0.15, -0.1) is 0 Å². The first-order chi connectivity index (χ1) is 12.0. The average Bonchev–Trinajstić information content (AvgIpc) is 2.60. The molecular weight excluding hydrogens is 316 g/mol. The predicted molar refractivity (Wildman–Crippen MR) is 97.6 cm³/mol. The third kappa shape index (κ3) is 5.64. The molecule has 0 aliphatic heterocycles. The van der Waals surface area contributed by atoms with E-state index >= 15 is 0 Å². The van der Waals surface area contributed by atoms with Crippen LogP contribution in [-0.4, -0.2) is 36.9 Å². The molecule has 5 heteroatoms. The maximum atomic E-state index is 12.1. The molecule has 0 aliphatic carbocycles. The first kappa shape index (κ1) is 18.5. The van der Waals surface area contributed by atoms with Crippen molar-refractivity contribution in [3.8, 4) is 5.75 Å². The van der Waals surface area contributed by atoms with Crippen LogP contribution in [-0.2, 0) is 11.3 Å². The molecule has 0 spiro atoms. The Balaban J connectivity index is 1.88. The molecule has 0 saturated carbocycles. The van der Waals surface area contributed by atoms with Crippen LogP contribution in [0.1, 0.15) is 28.4 Å². The molecule has 2 amide bonds. The highest BCUT2D eigenvalue weighted by atomic mass is 16.5. The summed E-state index contributed by atoms with van der Waals surface area (Å²) in [7, 11) is 1.58. The summed E-state index contributed by atoms with van der Waals surface area (Å²) in [6.07, 6.45) is 0. The number of carbonyl (C=O) groups is 2. The first-order valence-corrected chi connectivity index (χ1v) is 8.23. The normalized spacial score (nSPS) is 10.2. The topological polar surface area (TPSA) is 58.6 Å². The van der Waals surface area contributed by atoms with Crippen LogP contribution in [0.4, 0.5) is 0 Å². The zero-order valence-electron chi connectivity index (χ0n) is 14.9. The number of ether oxygens (including phenoxy) is 1. The Hall–Kier alpha value is -2.82. The van der Waals surface area contributed by atoms with Crippen molar-refractivity contribution in [1.29, 1.82) is 0 Å². The van der Waals surface area contributed by atoms with Crippen LogP contribution in [0.25, 0.3) is 0 Å². The zero-order chi connectivity index (χ0) is 18.2. The van der Waals surface area contributed by atoms with E-state index < -0.39 is 0 Å². The summed E-state index contributed by atoms with van der Waals surface area (Å²) in [6.45, 7) is 4.97. The molecule has 0 heterocycles. The van der Waals surface area contributed by atoms with E-state index in [2.05, 4.69) is 11.4 Å². The number of aryl methyl sites for hydroxylation is 1. The number of benzene rings is 2. The maximum Gasteiger partial charge on any atom is 0.251 e. The Morgan fingerprint density at radius 1 is 1.12 bits per heavy atom. The Kier molecular flexibility index (Phi) is 6.57. The minimum absolute atomic E-state index is 0.0137. The van der Waals surface area contributed by atoms with Crippen molar-refractivity contribution in [2.75, 3.05) is 20.2 Å². The van der Waals surface area contributed by atoms with Gasteiger partial charge in [0.1, 0.15) is 5.75 Å². The summed E-state index contributed by atoms with van der Waals surface area (Å²) in [5, 5.41) is 2.85. The summed E-state index contributed by atoms with van der Waals surface area (Å²) in [5.74, 6) is 0.527. The highest BCUT2D eigenvalue weighted by Crippen LogP contribution is 2.11. The van der Waals surface area contributed by atoms with Gasteiger partial charge < -0.3 is 15.0 Å². The number of hydrogen-bond acceptors (Lipinski definition) is 3. The SMILES string of the molecule is COc1ccc(C(=O)NCCN(Cc2cccc(C)c2)C(C)=O)cc1. The number of amides is 2. The highest BCUT2D eigenvalue weighted by Gasteiger charge is 2.11. The molecule has 2 rings (SSSR count). The second-order valence-electron chi connectivity index (χ2n) is 5.91. The summed E-state index contributed by atoms with van der Waals surface area (Å²) < 4.78 is 5.08. The molecule has 25 heavy (non-hydrogen) atoms. The van der Waals surface area contributed by atoms with Crippen molar-refractivity contribution in [2.24, 2.45) is 0 Å². The lowest BCUT2D eigenvalue weighted by atomic mass is 10.1. The summed E-state index contributed by atoms with van der Waals surface area (Å²) >= 11 is 0. The van der Waals surface area contributed by atoms with Crippen molar-refractivity contribution < 1.29 is 14.3 Å². The molecule has 132 valence electrons. The monoisotopic (exact) mass is 340 g/mol. The fourth-order valence-corrected chi connectivity index (χ4v) is 2.53. The van der Waals surface area contributed by atoms with Gasteiger partial charge in [0, 0.05) is 32.1 Å². The Morgan fingerprint density at radius 3 is 2.44 bits per heavy atom. The van der Waals surface area contributed by atoms with Crippen LogP contribution in [0.15, 0.2) is 48.5 Å². The van der Waals surface area contributed by atoms with Gasteiger partial charge in [-0.25, -0.2) is 0 Å². The van der Waals surface area contributed by atoms with Gasteiger partial charge in [0.05, 0.1) is 7.11 Å². The molecule has 2 aromatic carbocycles. The standard InChI is InChI=1S/C20H24N2O3/c1-15-5-4-6-17(13-15)14-22(16(2)23)12-11-21-20(24)18-7-9-19(25-3)10-8-18/h4-10,13H,11-12,14H2,1-3H3,(H,21,24). The van der Waals surface area contributed by atoms with Crippen molar-refractivity contribution in [1.82, 2.24) is 10.2 Å². The molecule has 0 unspecified atom stereocenters. The lowest BCUT2D eigenvalue weighted by Gasteiger charge is -2.21. The van der Waals surface area contributed by atoms with Crippen LogP contribution < -0.4 is 10.1 Å². The van der Waals surface area contributed by atoms with E-state index in [1.165, 1.54) is 0 Å². The minimum atomic E-state index is -0.165. The Bertz CT molecular complexity index is 726.